The fraction of sp³-hybridized carbons (Fsp3) is 0.733. The SMILES string of the molecule is CCCCCCSc1nsnc1C1=CCC(C)N(C)C1. The highest BCUT2D eigenvalue weighted by atomic mass is 32.2. The summed E-state index contributed by atoms with van der Waals surface area (Å²) in [4.78, 5) is 2.39. The van der Waals surface area contributed by atoms with E-state index in [1.165, 1.54) is 43.0 Å². The number of nitrogens with zero attached hydrogens (tertiary/aromatic N) is 3. The molecule has 0 aromatic carbocycles. The van der Waals surface area contributed by atoms with Gasteiger partial charge in [-0.3, -0.25) is 4.90 Å². The molecule has 0 saturated carbocycles. The zero-order valence-corrected chi connectivity index (χ0v) is 14.4. The number of likely N-dealkylation sites (N-methyl/N-ethyl adjacent to an activating group) is 1. The number of aromatic nitrogens is 2. The standard InChI is InChI=1S/C15H25N3S2/c1-4-5-6-7-10-19-15-14(16-20-17-15)13-9-8-12(2)18(3)11-13/h9,12H,4-8,10-11H2,1-3H3. The lowest BCUT2D eigenvalue weighted by Gasteiger charge is -2.29. The highest BCUT2D eigenvalue weighted by molar-refractivity contribution is 7.99. The molecule has 0 N–H and O–H groups in total. The Balaban J connectivity index is 1.91. The van der Waals surface area contributed by atoms with E-state index in [0.29, 0.717) is 6.04 Å². The van der Waals surface area contributed by atoms with Crippen LogP contribution in [0.4, 0.5) is 0 Å². The van der Waals surface area contributed by atoms with E-state index in [1.807, 2.05) is 11.8 Å². The van der Waals surface area contributed by atoms with Gasteiger partial charge >= 0.3 is 0 Å². The van der Waals surface area contributed by atoms with Gasteiger partial charge in [0, 0.05) is 12.6 Å². The summed E-state index contributed by atoms with van der Waals surface area (Å²) in [5, 5.41) is 1.14. The van der Waals surface area contributed by atoms with Gasteiger partial charge in [-0.2, -0.15) is 8.75 Å². The molecule has 0 radical (unpaired) electrons. The maximum atomic E-state index is 4.53. The molecule has 1 aromatic heterocycles. The minimum atomic E-state index is 0.635. The molecule has 2 rings (SSSR count). The van der Waals surface area contributed by atoms with Crippen LogP contribution in [-0.4, -0.2) is 39.0 Å². The summed E-state index contributed by atoms with van der Waals surface area (Å²) >= 11 is 3.23. The van der Waals surface area contributed by atoms with Crippen LogP contribution in [0.15, 0.2) is 11.1 Å². The Morgan fingerprint density at radius 1 is 1.35 bits per heavy atom. The summed E-state index contributed by atoms with van der Waals surface area (Å²) in [5.74, 6) is 1.16. The van der Waals surface area contributed by atoms with Crippen LogP contribution >= 0.6 is 23.5 Å². The Morgan fingerprint density at radius 3 is 2.95 bits per heavy atom. The van der Waals surface area contributed by atoms with Crippen molar-refractivity contribution < 1.29 is 0 Å². The summed E-state index contributed by atoms with van der Waals surface area (Å²) in [6.45, 7) is 5.52. The van der Waals surface area contributed by atoms with Gasteiger partial charge in [0.1, 0.15) is 10.7 Å². The van der Waals surface area contributed by atoms with E-state index in [9.17, 15) is 0 Å². The van der Waals surface area contributed by atoms with Crippen LogP contribution in [0.2, 0.25) is 0 Å². The van der Waals surface area contributed by atoms with Crippen molar-refractivity contribution in [2.75, 3.05) is 19.3 Å². The summed E-state index contributed by atoms with van der Waals surface area (Å²) in [6, 6.07) is 0.635. The molecule has 0 amide bonds. The molecule has 2 heterocycles. The maximum Gasteiger partial charge on any atom is 0.138 e. The first kappa shape index (κ1) is 16.0. The second kappa shape index (κ2) is 8.15. The third-order valence-electron chi connectivity index (χ3n) is 3.88. The molecule has 20 heavy (non-hydrogen) atoms. The van der Waals surface area contributed by atoms with E-state index in [-0.39, 0.29) is 0 Å². The van der Waals surface area contributed by atoms with Crippen LogP contribution in [0.25, 0.3) is 5.57 Å². The van der Waals surface area contributed by atoms with E-state index >= 15 is 0 Å². The topological polar surface area (TPSA) is 29.0 Å². The number of hydrogen-bond donors (Lipinski definition) is 0. The molecule has 0 aliphatic carbocycles. The van der Waals surface area contributed by atoms with Crippen molar-refractivity contribution in [2.24, 2.45) is 0 Å². The van der Waals surface area contributed by atoms with Gasteiger partial charge < -0.3 is 0 Å². The molecule has 0 saturated heterocycles. The number of thioether (sulfide) groups is 1. The lowest BCUT2D eigenvalue weighted by molar-refractivity contribution is 0.280. The van der Waals surface area contributed by atoms with E-state index in [1.54, 1.807) is 0 Å². The lowest BCUT2D eigenvalue weighted by Crippen LogP contribution is -2.33. The Bertz CT molecular complexity index is 442. The van der Waals surface area contributed by atoms with Crippen molar-refractivity contribution in [3.63, 3.8) is 0 Å². The van der Waals surface area contributed by atoms with Gasteiger partial charge in [-0.05, 0) is 38.1 Å². The van der Waals surface area contributed by atoms with Gasteiger partial charge in [0.25, 0.3) is 0 Å². The smallest absolute Gasteiger partial charge is 0.138 e. The van der Waals surface area contributed by atoms with Crippen LogP contribution in [0.1, 0.15) is 51.6 Å². The summed E-state index contributed by atoms with van der Waals surface area (Å²) in [6.07, 6.45) is 8.72. The lowest BCUT2D eigenvalue weighted by atomic mass is 10.0. The van der Waals surface area contributed by atoms with Crippen LogP contribution in [-0.2, 0) is 0 Å². The average Bonchev–Trinajstić information content (AvgIpc) is 2.90. The third kappa shape index (κ3) is 4.30. The minimum absolute atomic E-state index is 0.635. The van der Waals surface area contributed by atoms with Crippen LogP contribution in [0, 0.1) is 0 Å². The largest absolute Gasteiger partial charge is 0.299 e. The molecule has 3 nitrogen and oxygen atoms in total. The van der Waals surface area contributed by atoms with Gasteiger partial charge in [-0.25, -0.2) is 0 Å². The maximum absolute atomic E-state index is 4.53. The normalized spacial score (nSPS) is 20.1. The number of unbranched alkanes of at least 4 members (excludes halogenated alkanes) is 3. The average molecular weight is 312 g/mol. The second-order valence-corrected chi connectivity index (χ2v) is 7.17. The van der Waals surface area contributed by atoms with Crippen molar-refractivity contribution in [1.29, 1.82) is 0 Å². The molecular formula is C15H25N3S2. The van der Waals surface area contributed by atoms with E-state index < -0.39 is 0 Å². The molecule has 112 valence electrons. The monoisotopic (exact) mass is 311 g/mol. The van der Waals surface area contributed by atoms with E-state index in [4.69, 9.17) is 0 Å². The first-order valence-corrected chi connectivity index (χ1v) is 9.29. The summed E-state index contributed by atoms with van der Waals surface area (Å²) in [7, 11) is 2.19. The van der Waals surface area contributed by atoms with Crippen LogP contribution in [0.5, 0.6) is 0 Å². The zero-order chi connectivity index (χ0) is 14.4. The molecule has 5 heteroatoms. The van der Waals surface area contributed by atoms with E-state index in [0.717, 1.165) is 29.4 Å². The molecule has 1 aliphatic heterocycles. The number of rotatable bonds is 7. The van der Waals surface area contributed by atoms with Crippen molar-refractivity contribution in [1.82, 2.24) is 13.6 Å². The van der Waals surface area contributed by atoms with Crippen molar-refractivity contribution in [3.05, 3.63) is 11.8 Å². The molecule has 1 atom stereocenters. The van der Waals surface area contributed by atoms with Gasteiger partial charge in [0.2, 0.25) is 0 Å². The Kier molecular flexibility index (Phi) is 6.52. The minimum Gasteiger partial charge on any atom is -0.299 e. The third-order valence-corrected chi connectivity index (χ3v) is 5.57. The molecular weight excluding hydrogens is 286 g/mol. The summed E-state index contributed by atoms with van der Waals surface area (Å²) in [5.41, 5.74) is 2.49. The first-order valence-electron chi connectivity index (χ1n) is 7.57. The van der Waals surface area contributed by atoms with Gasteiger partial charge in [0.05, 0.1) is 11.7 Å². The molecule has 0 fully saturated rings. The Labute approximate surface area is 131 Å². The van der Waals surface area contributed by atoms with Gasteiger partial charge in [-0.15, -0.1) is 11.8 Å². The first-order chi connectivity index (χ1) is 9.72. The highest BCUT2D eigenvalue weighted by Crippen LogP contribution is 2.30. The van der Waals surface area contributed by atoms with E-state index in [2.05, 4.69) is 40.6 Å². The number of hydrogen-bond acceptors (Lipinski definition) is 5. The second-order valence-electron chi connectivity index (χ2n) is 5.56. The predicted octanol–water partition coefficient (Wildman–Crippen LogP) is 4.32. The van der Waals surface area contributed by atoms with Gasteiger partial charge in [0.15, 0.2) is 0 Å². The Morgan fingerprint density at radius 2 is 2.20 bits per heavy atom. The zero-order valence-electron chi connectivity index (χ0n) is 12.8. The van der Waals surface area contributed by atoms with Crippen molar-refractivity contribution in [3.8, 4) is 0 Å². The quantitative estimate of drug-likeness (QED) is 0.554. The fourth-order valence-electron chi connectivity index (χ4n) is 2.32. The molecule has 0 spiro atoms. The molecule has 1 aromatic rings. The summed E-state index contributed by atoms with van der Waals surface area (Å²) < 4.78 is 9.02. The Hall–Kier alpha value is -0.390. The molecule has 0 bridgehead atoms. The van der Waals surface area contributed by atoms with Gasteiger partial charge in [-0.1, -0.05) is 32.3 Å². The van der Waals surface area contributed by atoms with Crippen LogP contribution in [0.3, 0.4) is 0 Å². The fourth-order valence-corrected chi connectivity index (χ4v) is 4.03. The molecule has 1 unspecified atom stereocenters. The molecule has 1 aliphatic rings. The highest BCUT2D eigenvalue weighted by Gasteiger charge is 2.21. The van der Waals surface area contributed by atoms with Crippen molar-refractivity contribution >= 4 is 29.1 Å². The van der Waals surface area contributed by atoms with Crippen molar-refractivity contribution in [2.45, 2.75) is 57.0 Å². The predicted molar refractivity (Wildman–Crippen MR) is 89.5 cm³/mol. The van der Waals surface area contributed by atoms with Crippen LogP contribution < -0.4 is 0 Å².